The first-order valence-electron chi connectivity index (χ1n) is 7.74. The Morgan fingerprint density at radius 1 is 1.29 bits per heavy atom. The van der Waals surface area contributed by atoms with E-state index in [1.165, 1.54) is 11.5 Å². The number of benzene rings is 1. The van der Waals surface area contributed by atoms with Crippen LogP contribution in [0.2, 0.25) is 0 Å². The molecule has 0 aliphatic carbocycles. The molecule has 0 saturated carbocycles. The zero-order valence-electron chi connectivity index (χ0n) is 13.4. The van der Waals surface area contributed by atoms with Crippen molar-refractivity contribution in [2.75, 3.05) is 31.1 Å². The Kier molecular flexibility index (Phi) is 4.79. The van der Waals surface area contributed by atoms with Gasteiger partial charge in [0.05, 0.1) is 11.3 Å². The van der Waals surface area contributed by atoms with Crippen molar-refractivity contribution in [2.45, 2.75) is 13.5 Å². The van der Waals surface area contributed by atoms with Gasteiger partial charge in [-0.05, 0) is 36.2 Å². The predicted octanol–water partition coefficient (Wildman–Crippen LogP) is 2.34. The number of carboxylic acids is 1. The van der Waals surface area contributed by atoms with Crippen molar-refractivity contribution in [2.24, 2.45) is 0 Å². The van der Waals surface area contributed by atoms with Crippen LogP contribution in [-0.4, -0.2) is 46.5 Å². The molecule has 1 N–H and O–H groups in total. The summed E-state index contributed by atoms with van der Waals surface area (Å²) in [5.74, 6) is -0.900. The number of aromatic nitrogens is 1. The maximum absolute atomic E-state index is 10.9. The minimum absolute atomic E-state index is 0.313. The first kappa shape index (κ1) is 16.4. The molecule has 7 heteroatoms. The fraction of sp³-hybridized carbons (Fsp3) is 0.353. The van der Waals surface area contributed by atoms with E-state index in [9.17, 15) is 10.1 Å². The smallest absolute Gasteiger partial charge is 0.335 e. The van der Waals surface area contributed by atoms with Crippen molar-refractivity contribution >= 4 is 22.5 Å². The van der Waals surface area contributed by atoms with Gasteiger partial charge in [-0.15, -0.1) is 0 Å². The van der Waals surface area contributed by atoms with Crippen LogP contribution in [0.1, 0.15) is 27.2 Å². The predicted molar refractivity (Wildman–Crippen MR) is 92.5 cm³/mol. The van der Waals surface area contributed by atoms with E-state index in [0.29, 0.717) is 11.1 Å². The lowest BCUT2D eigenvalue weighted by Gasteiger charge is -2.35. The average Bonchev–Trinajstić information content (AvgIpc) is 2.97. The van der Waals surface area contributed by atoms with Crippen LogP contribution in [0.15, 0.2) is 24.3 Å². The molecular weight excluding hydrogens is 324 g/mol. The summed E-state index contributed by atoms with van der Waals surface area (Å²) in [5.41, 5.74) is 2.92. The van der Waals surface area contributed by atoms with Crippen molar-refractivity contribution in [1.29, 1.82) is 5.26 Å². The van der Waals surface area contributed by atoms with Crippen LogP contribution in [0.5, 0.6) is 0 Å². The van der Waals surface area contributed by atoms with Gasteiger partial charge in [0, 0.05) is 32.7 Å². The van der Waals surface area contributed by atoms with Crippen LogP contribution in [-0.2, 0) is 6.54 Å². The molecule has 1 aromatic heterocycles. The summed E-state index contributed by atoms with van der Waals surface area (Å²) in [6.07, 6.45) is 0. The molecule has 24 heavy (non-hydrogen) atoms. The number of aryl methyl sites for hydroxylation is 1. The van der Waals surface area contributed by atoms with Gasteiger partial charge in [0.2, 0.25) is 0 Å². The molecule has 2 heterocycles. The number of hydrogen-bond acceptors (Lipinski definition) is 6. The summed E-state index contributed by atoms with van der Waals surface area (Å²) in [6.45, 7) is 6.22. The summed E-state index contributed by atoms with van der Waals surface area (Å²) >= 11 is 1.40. The summed E-state index contributed by atoms with van der Waals surface area (Å²) in [4.78, 5) is 15.5. The van der Waals surface area contributed by atoms with Crippen LogP contribution in [0.25, 0.3) is 0 Å². The molecule has 1 aliphatic rings. The zero-order chi connectivity index (χ0) is 17.1. The molecule has 6 nitrogen and oxygen atoms in total. The average molecular weight is 342 g/mol. The van der Waals surface area contributed by atoms with Gasteiger partial charge in [-0.2, -0.15) is 9.64 Å². The van der Waals surface area contributed by atoms with Crippen molar-refractivity contribution in [3.05, 3.63) is 46.6 Å². The Morgan fingerprint density at radius 2 is 1.96 bits per heavy atom. The van der Waals surface area contributed by atoms with Crippen LogP contribution >= 0.6 is 11.5 Å². The lowest BCUT2D eigenvalue weighted by atomic mass is 10.1. The van der Waals surface area contributed by atoms with Crippen LogP contribution < -0.4 is 4.90 Å². The molecule has 1 saturated heterocycles. The Hall–Kier alpha value is -2.43. The number of rotatable bonds is 4. The number of aromatic carboxylic acids is 1. The number of nitriles is 1. The molecule has 1 aliphatic heterocycles. The number of piperazine rings is 1. The van der Waals surface area contributed by atoms with Crippen LogP contribution in [0, 0.1) is 18.3 Å². The second-order valence-corrected chi connectivity index (χ2v) is 6.58. The minimum atomic E-state index is -0.900. The number of anilines is 1. The molecular formula is C17H18N4O2S. The van der Waals surface area contributed by atoms with E-state index in [1.807, 2.05) is 19.1 Å². The van der Waals surface area contributed by atoms with E-state index in [1.54, 1.807) is 12.1 Å². The van der Waals surface area contributed by atoms with Gasteiger partial charge in [0.1, 0.15) is 16.6 Å². The topological polar surface area (TPSA) is 80.5 Å². The molecule has 0 unspecified atom stereocenters. The number of hydrogen-bond donors (Lipinski definition) is 1. The van der Waals surface area contributed by atoms with Gasteiger partial charge in [-0.25, -0.2) is 4.79 Å². The lowest BCUT2D eigenvalue weighted by molar-refractivity contribution is 0.0697. The van der Waals surface area contributed by atoms with Gasteiger partial charge in [-0.1, -0.05) is 12.1 Å². The number of carbonyl (C=O) groups is 1. The Balaban J connectivity index is 1.59. The second-order valence-electron chi connectivity index (χ2n) is 5.83. The first-order chi connectivity index (χ1) is 11.6. The highest BCUT2D eigenvalue weighted by molar-refractivity contribution is 7.10. The van der Waals surface area contributed by atoms with Crippen LogP contribution in [0.3, 0.4) is 0 Å². The van der Waals surface area contributed by atoms with Crippen molar-refractivity contribution in [1.82, 2.24) is 9.27 Å². The normalized spacial score (nSPS) is 15.2. The van der Waals surface area contributed by atoms with Crippen molar-refractivity contribution in [3.8, 4) is 6.07 Å². The maximum atomic E-state index is 10.9. The van der Waals surface area contributed by atoms with Crippen LogP contribution in [0.4, 0.5) is 5.00 Å². The van der Waals surface area contributed by atoms with Crippen molar-refractivity contribution < 1.29 is 9.90 Å². The molecule has 0 atom stereocenters. The van der Waals surface area contributed by atoms with E-state index in [2.05, 4.69) is 20.2 Å². The third-order valence-electron chi connectivity index (χ3n) is 4.22. The standard InChI is InChI=1S/C17H18N4O2S/c1-12-15(10-18)16(24-19-12)21-8-6-20(7-9-21)11-13-2-4-14(5-3-13)17(22)23/h2-5H,6-9,11H2,1H3,(H,22,23). The van der Waals surface area contributed by atoms with E-state index in [4.69, 9.17) is 5.11 Å². The minimum Gasteiger partial charge on any atom is -0.478 e. The highest BCUT2D eigenvalue weighted by Crippen LogP contribution is 2.28. The monoisotopic (exact) mass is 342 g/mol. The first-order valence-corrected chi connectivity index (χ1v) is 8.51. The molecule has 0 spiro atoms. The van der Waals surface area contributed by atoms with Crippen molar-refractivity contribution in [3.63, 3.8) is 0 Å². The van der Waals surface area contributed by atoms with Gasteiger partial charge < -0.3 is 10.0 Å². The highest BCUT2D eigenvalue weighted by atomic mass is 32.1. The molecule has 1 aromatic carbocycles. The van der Waals surface area contributed by atoms with Gasteiger partial charge in [0.15, 0.2) is 0 Å². The van der Waals surface area contributed by atoms with E-state index in [-0.39, 0.29) is 0 Å². The fourth-order valence-electron chi connectivity index (χ4n) is 2.82. The summed E-state index contributed by atoms with van der Waals surface area (Å²) < 4.78 is 4.29. The number of nitrogens with zero attached hydrogens (tertiary/aromatic N) is 4. The van der Waals surface area contributed by atoms with E-state index < -0.39 is 5.97 Å². The third kappa shape index (κ3) is 3.40. The van der Waals surface area contributed by atoms with E-state index in [0.717, 1.165) is 49.0 Å². The molecule has 0 bridgehead atoms. The molecule has 0 amide bonds. The van der Waals surface area contributed by atoms with Gasteiger partial charge in [0.25, 0.3) is 0 Å². The summed E-state index contributed by atoms with van der Waals surface area (Å²) in [5, 5.41) is 19.2. The summed E-state index contributed by atoms with van der Waals surface area (Å²) in [6, 6.07) is 9.29. The molecule has 3 rings (SSSR count). The van der Waals surface area contributed by atoms with E-state index >= 15 is 0 Å². The Bertz CT molecular complexity index is 771. The zero-order valence-corrected chi connectivity index (χ0v) is 14.2. The fourth-order valence-corrected chi connectivity index (χ4v) is 3.72. The Labute approximate surface area is 144 Å². The quantitative estimate of drug-likeness (QED) is 0.919. The molecule has 1 fully saturated rings. The lowest BCUT2D eigenvalue weighted by Crippen LogP contribution is -2.45. The number of carboxylic acid groups (broad SMARTS) is 1. The third-order valence-corrected chi connectivity index (χ3v) is 5.22. The van der Waals surface area contributed by atoms with Gasteiger partial charge in [-0.3, -0.25) is 4.90 Å². The Morgan fingerprint density at radius 3 is 2.54 bits per heavy atom. The largest absolute Gasteiger partial charge is 0.478 e. The maximum Gasteiger partial charge on any atom is 0.335 e. The molecule has 124 valence electrons. The second kappa shape index (κ2) is 6.99. The van der Waals surface area contributed by atoms with Gasteiger partial charge >= 0.3 is 5.97 Å². The molecule has 2 aromatic rings. The highest BCUT2D eigenvalue weighted by Gasteiger charge is 2.22. The molecule has 0 radical (unpaired) electrons. The SMILES string of the molecule is Cc1nsc(N2CCN(Cc3ccc(C(=O)O)cc3)CC2)c1C#N. The summed E-state index contributed by atoms with van der Waals surface area (Å²) in [7, 11) is 0.